The van der Waals surface area contributed by atoms with E-state index in [1.54, 1.807) is 19.4 Å². The van der Waals surface area contributed by atoms with Gasteiger partial charge in [-0.25, -0.2) is 4.98 Å². The molecule has 0 unspecified atom stereocenters. The van der Waals surface area contributed by atoms with E-state index in [4.69, 9.17) is 4.74 Å². The molecule has 0 saturated carbocycles. The number of benzene rings is 2. The average Bonchev–Trinajstić information content (AvgIpc) is 3.19. The Morgan fingerprint density at radius 3 is 2.73 bits per heavy atom. The molecule has 0 amide bonds. The largest absolute Gasteiger partial charge is 0.497 e. The minimum Gasteiger partial charge on any atom is -0.497 e. The van der Waals surface area contributed by atoms with Crippen LogP contribution >= 0.6 is 11.3 Å². The number of allylic oxidation sites excluding steroid dienone is 1. The quantitative estimate of drug-likeness (QED) is 0.413. The summed E-state index contributed by atoms with van der Waals surface area (Å²) in [7, 11) is 1.63. The minimum atomic E-state index is -0.0388. The second-order valence-corrected chi connectivity index (χ2v) is 6.78. The molecular weight excluding hydrogens is 346 g/mol. The van der Waals surface area contributed by atoms with Crippen molar-refractivity contribution in [2.75, 3.05) is 12.4 Å². The number of methoxy groups -OCH3 is 1. The fourth-order valence-corrected chi connectivity index (χ4v) is 3.93. The van der Waals surface area contributed by atoms with Crippen molar-refractivity contribution in [2.24, 2.45) is 0 Å². The van der Waals surface area contributed by atoms with E-state index >= 15 is 0 Å². The summed E-state index contributed by atoms with van der Waals surface area (Å²) in [5.74, 6) is 0.753. The van der Waals surface area contributed by atoms with Gasteiger partial charge >= 0.3 is 0 Å². The monoisotopic (exact) mass is 363 g/mol. The molecule has 2 heterocycles. The Labute approximate surface area is 154 Å². The van der Waals surface area contributed by atoms with Crippen molar-refractivity contribution in [2.45, 2.75) is 6.92 Å². The van der Waals surface area contributed by atoms with Crippen molar-refractivity contribution in [1.82, 2.24) is 9.38 Å². The van der Waals surface area contributed by atoms with Crippen LogP contribution in [0.5, 0.6) is 5.75 Å². The van der Waals surface area contributed by atoms with Crippen molar-refractivity contribution >= 4 is 38.8 Å². The van der Waals surface area contributed by atoms with Crippen LogP contribution in [0.25, 0.3) is 16.0 Å². The molecule has 0 aliphatic rings. The molecule has 0 fully saturated rings. The molecule has 0 aliphatic carbocycles. The van der Waals surface area contributed by atoms with Gasteiger partial charge in [-0.1, -0.05) is 23.5 Å². The highest BCUT2D eigenvalue weighted by molar-refractivity contribution is 7.19. The number of anilines is 1. The SMILES string of the molecule is COc1ccc(N/C=C/C(=O)c2sc3nc4ccccc4n3c2C)cc1. The molecule has 0 saturated heterocycles. The van der Waals surface area contributed by atoms with E-state index in [9.17, 15) is 4.79 Å². The third kappa shape index (κ3) is 2.84. The van der Waals surface area contributed by atoms with Crippen molar-refractivity contribution in [3.8, 4) is 5.75 Å². The normalized spacial score (nSPS) is 11.5. The molecule has 0 atom stereocenters. The first-order valence-electron chi connectivity index (χ1n) is 8.15. The summed E-state index contributed by atoms with van der Waals surface area (Å²) in [5.41, 5.74) is 3.77. The first-order valence-corrected chi connectivity index (χ1v) is 8.97. The number of ketones is 1. The summed E-state index contributed by atoms with van der Waals surface area (Å²) in [6, 6.07) is 15.5. The lowest BCUT2D eigenvalue weighted by Crippen LogP contribution is -1.97. The van der Waals surface area contributed by atoms with E-state index in [1.165, 1.54) is 11.3 Å². The van der Waals surface area contributed by atoms with Crippen LogP contribution in [-0.4, -0.2) is 22.3 Å². The number of fused-ring (bicyclic) bond motifs is 3. The molecule has 130 valence electrons. The van der Waals surface area contributed by atoms with Gasteiger partial charge in [-0.15, -0.1) is 0 Å². The smallest absolute Gasteiger partial charge is 0.199 e. The highest BCUT2D eigenvalue weighted by atomic mass is 32.1. The van der Waals surface area contributed by atoms with E-state index in [2.05, 4.69) is 10.3 Å². The number of rotatable bonds is 5. The number of imidazole rings is 1. The first-order chi connectivity index (χ1) is 12.7. The number of aromatic nitrogens is 2. The Hall–Kier alpha value is -3.12. The Morgan fingerprint density at radius 1 is 1.19 bits per heavy atom. The van der Waals surface area contributed by atoms with Crippen LogP contribution in [-0.2, 0) is 0 Å². The van der Waals surface area contributed by atoms with Crippen molar-refractivity contribution in [3.63, 3.8) is 0 Å². The average molecular weight is 363 g/mol. The topological polar surface area (TPSA) is 55.6 Å². The number of hydrogen-bond donors (Lipinski definition) is 1. The third-order valence-electron chi connectivity index (χ3n) is 4.19. The number of thiazole rings is 1. The summed E-state index contributed by atoms with van der Waals surface area (Å²) in [4.78, 5) is 18.7. The minimum absolute atomic E-state index is 0.0388. The molecule has 6 heteroatoms. The summed E-state index contributed by atoms with van der Waals surface area (Å²) in [6.07, 6.45) is 3.20. The van der Waals surface area contributed by atoms with Crippen LogP contribution in [0.3, 0.4) is 0 Å². The van der Waals surface area contributed by atoms with E-state index in [0.717, 1.165) is 33.1 Å². The maximum atomic E-state index is 12.6. The van der Waals surface area contributed by atoms with E-state index in [1.807, 2.05) is 59.9 Å². The fourth-order valence-electron chi connectivity index (χ4n) is 2.87. The molecule has 0 aliphatic heterocycles. The van der Waals surface area contributed by atoms with E-state index < -0.39 is 0 Å². The summed E-state index contributed by atoms with van der Waals surface area (Å²) < 4.78 is 7.17. The van der Waals surface area contributed by atoms with Gasteiger partial charge in [0, 0.05) is 23.7 Å². The maximum absolute atomic E-state index is 12.6. The van der Waals surface area contributed by atoms with Gasteiger partial charge in [-0.3, -0.25) is 9.20 Å². The number of nitrogens with one attached hydrogen (secondary N) is 1. The van der Waals surface area contributed by atoms with Crippen molar-refractivity contribution in [3.05, 3.63) is 71.4 Å². The number of hydrogen-bond acceptors (Lipinski definition) is 5. The zero-order chi connectivity index (χ0) is 18.1. The van der Waals surface area contributed by atoms with Crippen LogP contribution in [0.1, 0.15) is 15.4 Å². The molecule has 0 bridgehead atoms. The lowest BCUT2D eigenvalue weighted by Gasteiger charge is -2.02. The number of carbonyl (C=O) groups is 1. The van der Waals surface area contributed by atoms with Gasteiger partial charge in [0.25, 0.3) is 0 Å². The van der Waals surface area contributed by atoms with E-state index in [0.29, 0.717) is 4.88 Å². The standard InChI is InChI=1S/C20H17N3O2S/c1-13-19(26-20-22-16-5-3-4-6-17(16)23(13)20)18(24)11-12-21-14-7-9-15(25-2)10-8-14/h3-12,21H,1-2H3/b12-11+. The van der Waals surface area contributed by atoms with Crippen LogP contribution in [0.2, 0.25) is 0 Å². The molecule has 2 aromatic carbocycles. The Bertz CT molecular complexity index is 1120. The first kappa shape index (κ1) is 16.4. The highest BCUT2D eigenvalue weighted by Gasteiger charge is 2.17. The molecule has 2 aromatic heterocycles. The van der Waals surface area contributed by atoms with Crippen molar-refractivity contribution in [1.29, 1.82) is 0 Å². The molecule has 26 heavy (non-hydrogen) atoms. The molecule has 1 N–H and O–H groups in total. The molecule has 0 radical (unpaired) electrons. The Morgan fingerprint density at radius 2 is 1.96 bits per heavy atom. The summed E-state index contributed by atoms with van der Waals surface area (Å²) >= 11 is 1.42. The highest BCUT2D eigenvalue weighted by Crippen LogP contribution is 2.28. The number of para-hydroxylation sites is 2. The predicted octanol–water partition coefficient (Wildman–Crippen LogP) is 4.67. The van der Waals surface area contributed by atoms with Crippen LogP contribution in [0, 0.1) is 6.92 Å². The second kappa shape index (κ2) is 6.65. The van der Waals surface area contributed by atoms with Crippen LogP contribution in [0.4, 0.5) is 5.69 Å². The molecule has 5 nitrogen and oxygen atoms in total. The molecule has 4 rings (SSSR count). The maximum Gasteiger partial charge on any atom is 0.199 e. The number of nitrogens with zero attached hydrogens (tertiary/aromatic N) is 2. The summed E-state index contributed by atoms with van der Waals surface area (Å²) in [6.45, 7) is 1.95. The lowest BCUT2D eigenvalue weighted by atomic mass is 10.2. The van der Waals surface area contributed by atoms with Gasteiger partial charge in [-0.2, -0.15) is 0 Å². The van der Waals surface area contributed by atoms with Crippen LogP contribution < -0.4 is 10.1 Å². The van der Waals surface area contributed by atoms with Crippen LogP contribution in [0.15, 0.2) is 60.8 Å². The van der Waals surface area contributed by atoms with Gasteiger partial charge < -0.3 is 10.1 Å². The zero-order valence-corrected chi connectivity index (χ0v) is 15.2. The zero-order valence-electron chi connectivity index (χ0n) is 14.4. The van der Waals surface area contributed by atoms with E-state index in [-0.39, 0.29) is 5.78 Å². The molecule has 0 spiro atoms. The number of carbonyl (C=O) groups excluding carboxylic acids is 1. The van der Waals surface area contributed by atoms with Gasteiger partial charge in [0.15, 0.2) is 10.7 Å². The number of aryl methyl sites for hydroxylation is 1. The lowest BCUT2D eigenvalue weighted by molar-refractivity contribution is 0.104. The van der Waals surface area contributed by atoms with Gasteiger partial charge in [0.1, 0.15) is 5.75 Å². The Balaban J connectivity index is 1.56. The Kier molecular flexibility index (Phi) is 4.18. The number of ether oxygens (including phenoxy) is 1. The molecule has 4 aromatic rings. The second-order valence-electron chi connectivity index (χ2n) is 5.81. The van der Waals surface area contributed by atoms with Crippen molar-refractivity contribution < 1.29 is 9.53 Å². The van der Waals surface area contributed by atoms with Gasteiger partial charge in [0.2, 0.25) is 0 Å². The summed E-state index contributed by atoms with van der Waals surface area (Å²) in [5, 5.41) is 3.10. The third-order valence-corrected chi connectivity index (χ3v) is 5.34. The van der Waals surface area contributed by atoms with Gasteiger partial charge in [-0.05, 0) is 43.3 Å². The fraction of sp³-hybridized carbons (Fsp3) is 0.100. The predicted molar refractivity (Wildman–Crippen MR) is 105 cm³/mol. The van der Waals surface area contributed by atoms with Gasteiger partial charge in [0.05, 0.1) is 23.0 Å². The molecular formula is C20H17N3O2S.